The highest BCUT2D eigenvalue weighted by Gasteiger charge is 2.36. The van der Waals surface area contributed by atoms with Crippen molar-refractivity contribution in [1.82, 2.24) is 4.90 Å². The van der Waals surface area contributed by atoms with E-state index >= 15 is 0 Å². The number of aryl methyl sites for hydroxylation is 3. The van der Waals surface area contributed by atoms with Crippen molar-refractivity contribution in [3.05, 3.63) is 69.1 Å². The lowest BCUT2D eigenvalue weighted by Gasteiger charge is -2.42. The van der Waals surface area contributed by atoms with Crippen molar-refractivity contribution in [2.45, 2.75) is 85.5 Å². The maximum absolute atomic E-state index is 4.67. The molecule has 0 amide bonds. The lowest BCUT2D eigenvalue weighted by atomic mass is 9.63. The average Bonchev–Trinajstić information content (AvgIpc) is 2.80. The number of benzene rings is 2. The largest absolute Gasteiger partial charge is 0.366 e. The maximum atomic E-state index is 4.67. The van der Waals surface area contributed by atoms with E-state index in [1.165, 1.54) is 51.8 Å². The van der Waals surface area contributed by atoms with Gasteiger partial charge in [-0.1, -0.05) is 52.0 Å². The Morgan fingerprint density at radius 3 is 2.35 bits per heavy atom. The van der Waals surface area contributed by atoms with E-state index in [9.17, 15) is 0 Å². The molecule has 0 heterocycles. The van der Waals surface area contributed by atoms with E-state index in [-0.39, 0.29) is 10.8 Å². The summed E-state index contributed by atoms with van der Waals surface area (Å²) in [5.74, 6) is 1.09. The Morgan fingerprint density at radius 2 is 1.68 bits per heavy atom. The topological polar surface area (TPSA) is 15.6 Å². The first-order chi connectivity index (χ1) is 15.9. The van der Waals surface area contributed by atoms with E-state index in [1.807, 2.05) is 18.1 Å². The molecular weight excluding hydrogens is 432 g/mol. The molecule has 0 aromatic heterocycles. The van der Waals surface area contributed by atoms with Crippen molar-refractivity contribution in [2.24, 2.45) is 4.99 Å². The molecule has 2 aromatic carbocycles. The number of rotatable bonds is 8. The molecule has 0 saturated carbocycles. The van der Waals surface area contributed by atoms with Gasteiger partial charge in [0.15, 0.2) is 0 Å². The lowest BCUT2D eigenvalue weighted by molar-refractivity contribution is 0.332. The van der Waals surface area contributed by atoms with Gasteiger partial charge in [0.05, 0.1) is 12.0 Å². The molecule has 184 valence electrons. The SMILES string of the molecule is CCN(C)C=Nc1cc(C)c(CCS/C=C(\C)c2ccc3c(c2)C(C)(C)CCC3(C)C)cc1C. The van der Waals surface area contributed by atoms with Crippen LogP contribution >= 0.6 is 11.8 Å². The Balaban J connectivity index is 1.67. The standard InChI is InChI=1S/C31H44N2S/c1-10-33(9)21-32-29-18-22(2)26(17-23(29)3)13-16-34-20-24(4)25-11-12-27-28(19-25)31(7,8)15-14-30(27,5)6/h11-12,17-21H,10,13-16H2,1-9H3/b24-20+,32-21?. The molecule has 2 nitrogen and oxygen atoms in total. The Kier molecular flexibility index (Phi) is 8.39. The summed E-state index contributed by atoms with van der Waals surface area (Å²) in [6.45, 7) is 19.3. The van der Waals surface area contributed by atoms with E-state index in [4.69, 9.17) is 0 Å². The Morgan fingerprint density at radius 1 is 1.00 bits per heavy atom. The first-order valence-electron chi connectivity index (χ1n) is 12.7. The van der Waals surface area contributed by atoms with Crippen LogP contribution in [0, 0.1) is 13.8 Å². The van der Waals surface area contributed by atoms with E-state index in [2.05, 4.69) is 108 Å². The van der Waals surface area contributed by atoms with E-state index < -0.39 is 0 Å². The zero-order valence-corrected chi connectivity index (χ0v) is 23.7. The second-order valence-electron chi connectivity index (χ2n) is 11.3. The molecular formula is C31H44N2S. The van der Waals surface area contributed by atoms with Crippen molar-refractivity contribution in [1.29, 1.82) is 0 Å². The van der Waals surface area contributed by atoms with Gasteiger partial charge in [-0.15, -0.1) is 11.8 Å². The van der Waals surface area contributed by atoms with Gasteiger partial charge in [-0.05, 0) is 108 Å². The second kappa shape index (κ2) is 10.7. The molecule has 3 heteroatoms. The highest BCUT2D eigenvalue weighted by molar-refractivity contribution is 8.02. The Labute approximate surface area is 213 Å². The average molecular weight is 477 g/mol. The molecule has 2 aromatic rings. The van der Waals surface area contributed by atoms with Crippen LogP contribution in [0.5, 0.6) is 0 Å². The predicted octanol–water partition coefficient (Wildman–Crippen LogP) is 8.60. The molecule has 34 heavy (non-hydrogen) atoms. The first kappa shape index (κ1) is 26.6. The fraction of sp³-hybridized carbons (Fsp3) is 0.516. The number of allylic oxidation sites excluding steroid dienone is 1. The monoisotopic (exact) mass is 476 g/mol. The van der Waals surface area contributed by atoms with Gasteiger partial charge < -0.3 is 4.90 Å². The predicted molar refractivity (Wildman–Crippen MR) is 154 cm³/mol. The molecule has 0 spiro atoms. The second-order valence-corrected chi connectivity index (χ2v) is 12.3. The van der Waals surface area contributed by atoms with Gasteiger partial charge >= 0.3 is 0 Å². The van der Waals surface area contributed by atoms with Gasteiger partial charge in [-0.2, -0.15) is 0 Å². The highest BCUT2D eigenvalue weighted by Crippen LogP contribution is 2.46. The number of thioether (sulfide) groups is 1. The van der Waals surface area contributed by atoms with Crippen molar-refractivity contribution in [3.8, 4) is 0 Å². The number of nitrogens with zero attached hydrogens (tertiary/aromatic N) is 2. The van der Waals surface area contributed by atoms with E-state index in [1.54, 1.807) is 0 Å². The first-order valence-corrected chi connectivity index (χ1v) is 13.8. The molecule has 0 unspecified atom stereocenters. The summed E-state index contributed by atoms with van der Waals surface area (Å²) in [5.41, 5.74) is 11.4. The molecule has 0 saturated heterocycles. The molecule has 3 rings (SSSR count). The van der Waals surface area contributed by atoms with Gasteiger partial charge in [0.2, 0.25) is 0 Å². The number of hydrogen-bond acceptors (Lipinski definition) is 2. The van der Waals surface area contributed by atoms with Crippen molar-refractivity contribution >= 4 is 29.4 Å². The van der Waals surface area contributed by atoms with Gasteiger partial charge in [-0.3, -0.25) is 0 Å². The summed E-state index contributed by atoms with van der Waals surface area (Å²) >= 11 is 1.93. The third kappa shape index (κ3) is 6.16. The molecule has 0 fully saturated rings. The molecule has 0 aliphatic heterocycles. The lowest BCUT2D eigenvalue weighted by Crippen LogP contribution is -2.33. The molecule has 0 radical (unpaired) electrons. The van der Waals surface area contributed by atoms with Crippen LogP contribution in [-0.4, -0.2) is 30.6 Å². The van der Waals surface area contributed by atoms with Crippen LogP contribution in [-0.2, 0) is 17.3 Å². The quantitative estimate of drug-likeness (QED) is 0.215. The smallest absolute Gasteiger partial charge is 0.0909 e. The van der Waals surface area contributed by atoms with Crippen LogP contribution in [0.1, 0.15) is 87.8 Å². The van der Waals surface area contributed by atoms with Crippen LogP contribution in [0.3, 0.4) is 0 Å². The zero-order chi connectivity index (χ0) is 25.1. The van der Waals surface area contributed by atoms with Crippen LogP contribution in [0.2, 0.25) is 0 Å². The third-order valence-corrected chi connectivity index (χ3v) is 8.56. The normalized spacial score (nSPS) is 17.1. The minimum absolute atomic E-state index is 0.256. The highest BCUT2D eigenvalue weighted by atomic mass is 32.2. The molecule has 0 bridgehead atoms. The van der Waals surface area contributed by atoms with Crippen molar-refractivity contribution in [3.63, 3.8) is 0 Å². The summed E-state index contributed by atoms with van der Waals surface area (Å²) in [7, 11) is 2.05. The number of aliphatic imine (C=N–C) groups is 1. The van der Waals surface area contributed by atoms with Crippen molar-refractivity contribution in [2.75, 3.05) is 19.3 Å². The summed E-state index contributed by atoms with van der Waals surface area (Å²) in [6, 6.07) is 11.7. The fourth-order valence-corrected chi connectivity index (χ4v) is 5.61. The van der Waals surface area contributed by atoms with Crippen molar-refractivity contribution < 1.29 is 0 Å². The number of fused-ring (bicyclic) bond motifs is 1. The van der Waals surface area contributed by atoms with Gasteiger partial charge in [0.1, 0.15) is 0 Å². The number of hydrogen-bond donors (Lipinski definition) is 0. The van der Waals surface area contributed by atoms with Gasteiger partial charge in [0, 0.05) is 19.3 Å². The molecule has 0 atom stereocenters. The molecule has 0 N–H and O–H groups in total. The van der Waals surface area contributed by atoms with E-state index in [0.717, 1.165) is 24.4 Å². The summed E-state index contributed by atoms with van der Waals surface area (Å²) in [5, 5.41) is 2.35. The fourth-order valence-electron chi connectivity index (χ4n) is 4.77. The van der Waals surface area contributed by atoms with Crippen LogP contribution < -0.4 is 0 Å². The van der Waals surface area contributed by atoms with Crippen LogP contribution in [0.15, 0.2) is 40.7 Å². The third-order valence-electron chi connectivity index (χ3n) is 7.60. The zero-order valence-electron chi connectivity index (χ0n) is 22.9. The maximum Gasteiger partial charge on any atom is 0.0909 e. The molecule has 1 aliphatic carbocycles. The van der Waals surface area contributed by atoms with Gasteiger partial charge in [-0.25, -0.2) is 4.99 Å². The Hall–Kier alpha value is -2.00. The van der Waals surface area contributed by atoms with Crippen LogP contribution in [0.25, 0.3) is 5.57 Å². The Bertz CT molecular complexity index is 1080. The summed E-state index contributed by atoms with van der Waals surface area (Å²) in [4.78, 5) is 6.76. The minimum Gasteiger partial charge on any atom is -0.366 e. The molecule has 1 aliphatic rings. The van der Waals surface area contributed by atoms with Gasteiger partial charge in [0.25, 0.3) is 0 Å². The summed E-state index contributed by atoms with van der Waals surface area (Å²) < 4.78 is 0. The van der Waals surface area contributed by atoms with E-state index in [0.29, 0.717) is 0 Å². The minimum atomic E-state index is 0.256. The van der Waals surface area contributed by atoms with Crippen LogP contribution in [0.4, 0.5) is 5.69 Å². The summed E-state index contributed by atoms with van der Waals surface area (Å²) in [6.07, 6.45) is 5.52.